The van der Waals surface area contributed by atoms with E-state index >= 15 is 0 Å². The zero-order valence-corrected chi connectivity index (χ0v) is 13.1. The highest BCUT2D eigenvalue weighted by Crippen LogP contribution is 2.32. The molecule has 0 spiro atoms. The first kappa shape index (κ1) is 16.6. The van der Waals surface area contributed by atoms with E-state index in [4.69, 9.17) is 27.6 Å². The number of carbonyl (C=O) groups is 1. The Morgan fingerprint density at radius 2 is 1.88 bits per heavy atom. The molecule has 4 nitrogen and oxygen atoms in total. The lowest BCUT2D eigenvalue weighted by molar-refractivity contribution is -0.167. The fourth-order valence-electron chi connectivity index (χ4n) is 1.97. The molecular weight excluding hydrogens is 368 g/mol. The third-order valence-electron chi connectivity index (χ3n) is 3.07. The zero-order chi connectivity index (χ0) is 17.5. The van der Waals surface area contributed by atoms with Crippen molar-refractivity contribution in [3.05, 3.63) is 46.4 Å². The van der Waals surface area contributed by atoms with Crippen LogP contribution in [0.5, 0.6) is 0 Å². The topological polar surface area (TPSA) is 55.1 Å². The third-order valence-corrected chi connectivity index (χ3v) is 3.63. The van der Waals surface area contributed by atoms with Crippen molar-refractivity contribution in [2.75, 3.05) is 5.32 Å². The van der Waals surface area contributed by atoms with Crippen LogP contribution in [-0.2, 0) is 4.79 Å². The highest BCUT2D eigenvalue weighted by molar-refractivity contribution is 6.34. The molecule has 1 amide bonds. The van der Waals surface area contributed by atoms with Gasteiger partial charge in [0.15, 0.2) is 5.58 Å². The molecule has 1 N–H and O–H groups in total. The highest BCUT2D eigenvalue weighted by Gasteiger charge is 2.39. The standard InChI is InChI=1S/C15H7Cl2F3N2O2/c16-8-2-4-12-11(6-8)21-13(24-12)7-1-3-9(17)10(5-7)22-14(23)15(18,19)20/h1-6H,(H,22,23). The highest BCUT2D eigenvalue weighted by atomic mass is 35.5. The number of nitrogens with zero attached hydrogens (tertiary/aromatic N) is 1. The number of halogens is 5. The van der Waals surface area contributed by atoms with Gasteiger partial charge in [0, 0.05) is 10.6 Å². The van der Waals surface area contributed by atoms with E-state index in [2.05, 4.69) is 4.98 Å². The van der Waals surface area contributed by atoms with Gasteiger partial charge in [-0.25, -0.2) is 4.98 Å². The maximum atomic E-state index is 12.4. The molecule has 0 radical (unpaired) electrons. The number of rotatable bonds is 2. The van der Waals surface area contributed by atoms with Gasteiger partial charge in [-0.1, -0.05) is 23.2 Å². The van der Waals surface area contributed by atoms with Gasteiger partial charge >= 0.3 is 12.1 Å². The normalized spacial score (nSPS) is 11.7. The van der Waals surface area contributed by atoms with Crippen molar-refractivity contribution in [1.29, 1.82) is 0 Å². The van der Waals surface area contributed by atoms with Gasteiger partial charge in [0.1, 0.15) is 5.52 Å². The van der Waals surface area contributed by atoms with Crippen molar-refractivity contribution < 1.29 is 22.4 Å². The summed E-state index contributed by atoms with van der Waals surface area (Å²) in [5.41, 5.74) is 1.11. The van der Waals surface area contributed by atoms with Gasteiger partial charge in [0.05, 0.1) is 10.7 Å². The number of aromatic nitrogens is 1. The van der Waals surface area contributed by atoms with Gasteiger partial charge in [-0.15, -0.1) is 0 Å². The number of hydrogen-bond acceptors (Lipinski definition) is 3. The van der Waals surface area contributed by atoms with Crippen molar-refractivity contribution in [3.63, 3.8) is 0 Å². The summed E-state index contributed by atoms with van der Waals surface area (Å²) in [4.78, 5) is 15.3. The van der Waals surface area contributed by atoms with Crippen LogP contribution in [0.3, 0.4) is 0 Å². The molecule has 0 aliphatic carbocycles. The van der Waals surface area contributed by atoms with Crippen LogP contribution in [0.1, 0.15) is 0 Å². The van der Waals surface area contributed by atoms with E-state index in [0.29, 0.717) is 21.7 Å². The summed E-state index contributed by atoms with van der Waals surface area (Å²) in [5, 5.41) is 2.14. The van der Waals surface area contributed by atoms with E-state index in [9.17, 15) is 18.0 Å². The monoisotopic (exact) mass is 374 g/mol. The second kappa shape index (κ2) is 5.99. The second-order valence-electron chi connectivity index (χ2n) is 4.78. The molecule has 24 heavy (non-hydrogen) atoms. The molecular formula is C15H7Cl2F3N2O2. The van der Waals surface area contributed by atoms with Crippen molar-refractivity contribution in [1.82, 2.24) is 4.98 Å². The molecule has 1 heterocycles. The Hall–Kier alpha value is -2.25. The Labute approximate surface area is 143 Å². The van der Waals surface area contributed by atoms with Crippen LogP contribution >= 0.6 is 23.2 Å². The van der Waals surface area contributed by atoms with Crippen LogP contribution < -0.4 is 5.32 Å². The first-order valence-electron chi connectivity index (χ1n) is 6.48. The molecule has 2 aromatic carbocycles. The third kappa shape index (κ3) is 3.32. The SMILES string of the molecule is O=C(Nc1cc(-c2nc3cc(Cl)ccc3o2)ccc1Cl)C(F)(F)F. The Morgan fingerprint density at radius 3 is 2.58 bits per heavy atom. The Bertz CT molecular complexity index is 938. The Kier molecular flexibility index (Phi) is 4.15. The van der Waals surface area contributed by atoms with Gasteiger partial charge in [0.2, 0.25) is 5.89 Å². The predicted octanol–water partition coefficient (Wildman–Crippen LogP) is 5.30. The number of benzene rings is 2. The summed E-state index contributed by atoms with van der Waals surface area (Å²) in [5.74, 6) is -1.96. The molecule has 124 valence electrons. The van der Waals surface area contributed by atoms with Crippen LogP contribution in [-0.4, -0.2) is 17.1 Å². The minimum atomic E-state index is -5.02. The molecule has 3 rings (SSSR count). The fraction of sp³-hybridized carbons (Fsp3) is 0.0667. The number of nitrogens with one attached hydrogen (secondary N) is 1. The number of oxazole rings is 1. The molecule has 0 saturated carbocycles. The summed E-state index contributed by atoms with van der Waals surface area (Å²) < 4.78 is 42.6. The lowest BCUT2D eigenvalue weighted by Crippen LogP contribution is -2.30. The molecule has 0 saturated heterocycles. The van der Waals surface area contributed by atoms with E-state index in [1.165, 1.54) is 18.2 Å². The maximum absolute atomic E-state index is 12.4. The van der Waals surface area contributed by atoms with Gasteiger partial charge in [-0.3, -0.25) is 4.79 Å². The molecule has 0 aliphatic rings. The van der Waals surface area contributed by atoms with E-state index < -0.39 is 12.1 Å². The average molecular weight is 375 g/mol. The minimum absolute atomic E-state index is 0.0458. The summed E-state index contributed by atoms with van der Waals surface area (Å²) >= 11 is 11.7. The van der Waals surface area contributed by atoms with Gasteiger partial charge in [-0.05, 0) is 36.4 Å². The van der Waals surface area contributed by atoms with Crippen LogP contribution in [0.2, 0.25) is 10.0 Å². The second-order valence-corrected chi connectivity index (χ2v) is 5.62. The lowest BCUT2D eigenvalue weighted by atomic mass is 10.2. The molecule has 0 fully saturated rings. The zero-order valence-electron chi connectivity index (χ0n) is 11.6. The quantitative estimate of drug-likeness (QED) is 0.661. The predicted molar refractivity (Wildman–Crippen MR) is 84.1 cm³/mol. The van der Waals surface area contributed by atoms with Gasteiger partial charge < -0.3 is 9.73 Å². The lowest BCUT2D eigenvalue weighted by Gasteiger charge is -2.10. The summed E-state index contributed by atoms with van der Waals surface area (Å²) in [6, 6.07) is 8.93. The van der Waals surface area contributed by atoms with Crippen LogP contribution in [0.4, 0.5) is 18.9 Å². The first-order valence-corrected chi connectivity index (χ1v) is 7.24. The minimum Gasteiger partial charge on any atom is -0.436 e. The molecule has 0 atom stereocenters. The van der Waals surface area contributed by atoms with Crippen LogP contribution in [0.15, 0.2) is 40.8 Å². The van der Waals surface area contributed by atoms with Crippen molar-refractivity contribution in [3.8, 4) is 11.5 Å². The number of amides is 1. The van der Waals surface area contributed by atoms with E-state index in [1.54, 1.807) is 23.5 Å². The molecule has 0 unspecified atom stereocenters. The number of carbonyl (C=O) groups excluding carboxylic acids is 1. The van der Waals surface area contributed by atoms with E-state index in [1.807, 2.05) is 0 Å². The Morgan fingerprint density at radius 1 is 1.12 bits per heavy atom. The molecule has 9 heteroatoms. The fourth-order valence-corrected chi connectivity index (χ4v) is 2.30. The van der Waals surface area contributed by atoms with E-state index in [0.717, 1.165) is 0 Å². The van der Waals surface area contributed by atoms with Gasteiger partial charge in [-0.2, -0.15) is 13.2 Å². The molecule has 1 aromatic heterocycles. The maximum Gasteiger partial charge on any atom is 0.471 e. The number of alkyl halides is 3. The molecule has 0 aliphatic heterocycles. The molecule has 0 bridgehead atoms. The number of hydrogen-bond donors (Lipinski definition) is 1. The largest absolute Gasteiger partial charge is 0.471 e. The van der Waals surface area contributed by atoms with Crippen LogP contribution in [0, 0.1) is 0 Å². The van der Waals surface area contributed by atoms with Crippen LogP contribution in [0.25, 0.3) is 22.6 Å². The summed E-state index contributed by atoms with van der Waals surface area (Å²) in [7, 11) is 0. The number of fused-ring (bicyclic) bond motifs is 1. The molecule has 3 aromatic rings. The summed E-state index contributed by atoms with van der Waals surface area (Å²) in [6.45, 7) is 0. The summed E-state index contributed by atoms with van der Waals surface area (Å²) in [6.07, 6.45) is -5.02. The number of anilines is 1. The van der Waals surface area contributed by atoms with Crippen molar-refractivity contribution in [2.24, 2.45) is 0 Å². The first-order chi connectivity index (χ1) is 11.2. The average Bonchev–Trinajstić information content (AvgIpc) is 2.91. The van der Waals surface area contributed by atoms with Crippen molar-refractivity contribution in [2.45, 2.75) is 6.18 Å². The van der Waals surface area contributed by atoms with Crippen molar-refractivity contribution >= 4 is 45.9 Å². The Balaban J connectivity index is 1.99. The smallest absolute Gasteiger partial charge is 0.436 e. The van der Waals surface area contributed by atoms with Gasteiger partial charge in [0.25, 0.3) is 0 Å². The van der Waals surface area contributed by atoms with E-state index in [-0.39, 0.29) is 16.6 Å².